The van der Waals surface area contributed by atoms with Crippen molar-refractivity contribution in [3.8, 4) is 0 Å². The Hall–Kier alpha value is -0.460. The number of hydrogen-bond acceptors (Lipinski definition) is 2. The predicted octanol–water partition coefficient (Wildman–Crippen LogP) is 3.99. The number of halogens is 3. The summed E-state index contributed by atoms with van der Waals surface area (Å²) < 4.78 is 2.66. The molecule has 0 amide bonds. The Morgan fingerprint density at radius 2 is 2.12 bits per heavy atom. The molecule has 0 bridgehead atoms. The number of hydrogen-bond donors (Lipinski definition) is 1. The lowest BCUT2D eigenvalue weighted by atomic mass is 10.1. The Bertz CT molecular complexity index is 554. The van der Waals surface area contributed by atoms with Gasteiger partial charge in [0, 0.05) is 0 Å². The third-order valence-corrected chi connectivity index (χ3v) is 4.25. The maximum atomic E-state index is 6.18. The fraction of sp³-hybridized carbons (Fsp3) is 0.182. The quantitative estimate of drug-likeness (QED) is 0.799. The number of nitrogen functional groups attached to an aromatic ring is 1. The Balaban J connectivity index is 2.47. The molecule has 0 saturated heterocycles. The molecule has 90 valence electrons. The molecule has 6 heteroatoms. The molecule has 1 aromatic heterocycles. The minimum absolute atomic E-state index is 0.0512. The van der Waals surface area contributed by atoms with Crippen LogP contribution < -0.4 is 5.73 Å². The summed E-state index contributed by atoms with van der Waals surface area (Å²) in [5.74, 6) is 0.633. The van der Waals surface area contributed by atoms with E-state index in [1.807, 2.05) is 19.1 Å². The largest absolute Gasteiger partial charge is 0.383 e. The second-order valence-electron chi connectivity index (χ2n) is 3.64. The molecule has 2 rings (SSSR count). The zero-order chi connectivity index (χ0) is 12.6. The third kappa shape index (κ3) is 2.39. The van der Waals surface area contributed by atoms with Gasteiger partial charge in [0.05, 0.1) is 25.9 Å². The van der Waals surface area contributed by atoms with Crippen LogP contribution in [0.5, 0.6) is 0 Å². The van der Waals surface area contributed by atoms with Crippen molar-refractivity contribution >= 4 is 51.6 Å². The molecule has 0 aliphatic carbocycles. The molecule has 0 aliphatic heterocycles. The molecule has 0 fully saturated rings. The Kier molecular flexibility index (Phi) is 3.85. The topological polar surface area (TPSA) is 43.8 Å². The third-order valence-electron chi connectivity index (χ3n) is 2.59. The normalized spacial score (nSPS) is 12.7. The molecular formula is C11H10Cl2IN3. The van der Waals surface area contributed by atoms with Gasteiger partial charge in [-0.3, -0.25) is 0 Å². The van der Waals surface area contributed by atoms with Gasteiger partial charge in [-0.1, -0.05) is 35.3 Å². The van der Waals surface area contributed by atoms with Crippen molar-refractivity contribution in [2.45, 2.75) is 13.0 Å². The zero-order valence-electron chi connectivity index (χ0n) is 8.99. The first-order valence-corrected chi connectivity index (χ1v) is 6.78. The Morgan fingerprint density at radius 3 is 2.71 bits per heavy atom. The van der Waals surface area contributed by atoms with E-state index in [1.54, 1.807) is 16.9 Å². The molecule has 2 N–H and O–H groups in total. The van der Waals surface area contributed by atoms with Gasteiger partial charge in [-0.15, -0.1) is 0 Å². The number of anilines is 1. The van der Waals surface area contributed by atoms with Crippen LogP contribution in [0.2, 0.25) is 10.0 Å². The molecule has 3 nitrogen and oxygen atoms in total. The van der Waals surface area contributed by atoms with Gasteiger partial charge in [-0.05, 0) is 41.1 Å². The number of benzene rings is 1. The highest BCUT2D eigenvalue weighted by Gasteiger charge is 2.17. The summed E-state index contributed by atoms with van der Waals surface area (Å²) in [5, 5.41) is 5.33. The van der Waals surface area contributed by atoms with Crippen molar-refractivity contribution in [3.63, 3.8) is 0 Å². The van der Waals surface area contributed by atoms with E-state index in [-0.39, 0.29) is 6.04 Å². The molecule has 1 heterocycles. The molecule has 0 aliphatic rings. The van der Waals surface area contributed by atoms with E-state index in [0.29, 0.717) is 15.9 Å². The lowest BCUT2D eigenvalue weighted by Crippen LogP contribution is -2.12. The summed E-state index contributed by atoms with van der Waals surface area (Å²) >= 11 is 14.3. The van der Waals surface area contributed by atoms with Crippen molar-refractivity contribution in [2.75, 3.05) is 5.73 Å². The molecule has 2 aromatic rings. The molecule has 0 radical (unpaired) electrons. The summed E-state index contributed by atoms with van der Waals surface area (Å²) in [6, 6.07) is 5.50. The van der Waals surface area contributed by atoms with Gasteiger partial charge in [0.25, 0.3) is 0 Å². The highest BCUT2D eigenvalue weighted by atomic mass is 127. The van der Waals surface area contributed by atoms with E-state index < -0.39 is 0 Å². The fourth-order valence-electron chi connectivity index (χ4n) is 1.63. The predicted molar refractivity (Wildman–Crippen MR) is 79.6 cm³/mol. The number of nitrogens with zero attached hydrogens (tertiary/aromatic N) is 2. The minimum Gasteiger partial charge on any atom is -0.383 e. The van der Waals surface area contributed by atoms with Crippen molar-refractivity contribution in [1.82, 2.24) is 9.78 Å². The Labute approximate surface area is 123 Å². The van der Waals surface area contributed by atoms with Gasteiger partial charge < -0.3 is 5.73 Å². The molecular weight excluding hydrogens is 372 g/mol. The fourth-order valence-corrected chi connectivity index (χ4v) is 2.47. The highest BCUT2D eigenvalue weighted by molar-refractivity contribution is 14.1. The van der Waals surface area contributed by atoms with Crippen LogP contribution in [-0.4, -0.2) is 9.78 Å². The van der Waals surface area contributed by atoms with Gasteiger partial charge in [-0.25, -0.2) is 4.68 Å². The van der Waals surface area contributed by atoms with Gasteiger partial charge in [-0.2, -0.15) is 5.10 Å². The number of nitrogens with two attached hydrogens (primary N) is 1. The first-order chi connectivity index (χ1) is 8.02. The SMILES string of the molecule is CC(c1cccc(Cl)c1Cl)n1ncc(I)c1N. The second kappa shape index (κ2) is 5.04. The van der Waals surface area contributed by atoms with Crippen LogP contribution in [0.15, 0.2) is 24.4 Å². The van der Waals surface area contributed by atoms with Crippen molar-refractivity contribution in [3.05, 3.63) is 43.6 Å². The molecule has 17 heavy (non-hydrogen) atoms. The first-order valence-electron chi connectivity index (χ1n) is 4.94. The molecule has 1 unspecified atom stereocenters. The van der Waals surface area contributed by atoms with Crippen molar-refractivity contribution in [2.24, 2.45) is 0 Å². The maximum absolute atomic E-state index is 6.18. The molecule has 1 aromatic carbocycles. The minimum atomic E-state index is -0.0512. The van der Waals surface area contributed by atoms with Crippen LogP contribution >= 0.6 is 45.8 Å². The second-order valence-corrected chi connectivity index (χ2v) is 5.59. The standard InChI is InChI=1S/C11H10Cl2IN3/c1-6(17-11(15)9(14)5-16-17)7-3-2-4-8(12)10(7)13/h2-6H,15H2,1H3. The van der Waals surface area contributed by atoms with Gasteiger partial charge in [0.15, 0.2) is 0 Å². The monoisotopic (exact) mass is 381 g/mol. The average Bonchev–Trinajstić information content (AvgIpc) is 2.63. The summed E-state index contributed by atoms with van der Waals surface area (Å²) in [6.07, 6.45) is 1.73. The summed E-state index contributed by atoms with van der Waals surface area (Å²) in [7, 11) is 0. The van der Waals surface area contributed by atoms with Crippen LogP contribution in [0.1, 0.15) is 18.5 Å². The van der Waals surface area contributed by atoms with Crippen LogP contribution in [0.25, 0.3) is 0 Å². The van der Waals surface area contributed by atoms with Gasteiger partial charge in [0.2, 0.25) is 0 Å². The molecule has 0 saturated carbocycles. The number of aromatic nitrogens is 2. The smallest absolute Gasteiger partial charge is 0.135 e. The van der Waals surface area contributed by atoms with Gasteiger partial charge in [0.1, 0.15) is 5.82 Å². The summed E-state index contributed by atoms with van der Waals surface area (Å²) in [6.45, 7) is 1.98. The number of rotatable bonds is 2. The first kappa shape index (κ1) is 13.0. The maximum Gasteiger partial charge on any atom is 0.135 e. The van der Waals surface area contributed by atoms with E-state index in [1.165, 1.54) is 0 Å². The van der Waals surface area contributed by atoms with Crippen molar-refractivity contribution in [1.29, 1.82) is 0 Å². The summed E-state index contributed by atoms with van der Waals surface area (Å²) in [4.78, 5) is 0. The highest BCUT2D eigenvalue weighted by Crippen LogP contribution is 2.32. The lowest BCUT2D eigenvalue weighted by Gasteiger charge is -2.16. The van der Waals surface area contributed by atoms with E-state index in [9.17, 15) is 0 Å². The van der Waals surface area contributed by atoms with E-state index in [0.717, 1.165) is 9.13 Å². The molecule has 0 spiro atoms. The van der Waals surface area contributed by atoms with Crippen LogP contribution in [0.3, 0.4) is 0 Å². The van der Waals surface area contributed by atoms with Crippen LogP contribution in [0.4, 0.5) is 5.82 Å². The lowest BCUT2D eigenvalue weighted by molar-refractivity contribution is 0.573. The van der Waals surface area contributed by atoms with E-state index >= 15 is 0 Å². The van der Waals surface area contributed by atoms with Crippen molar-refractivity contribution < 1.29 is 0 Å². The van der Waals surface area contributed by atoms with Crippen LogP contribution in [0, 0.1) is 3.57 Å². The molecule has 1 atom stereocenters. The van der Waals surface area contributed by atoms with Gasteiger partial charge >= 0.3 is 0 Å². The van der Waals surface area contributed by atoms with Crippen LogP contribution in [-0.2, 0) is 0 Å². The summed E-state index contributed by atoms with van der Waals surface area (Å²) in [5.41, 5.74) is 6.85. The van der Waals surface area contributed by atoms with E-state index in [4.69, 9.17) is 28.9 Å². The Morgan fingerprint density at radius 1 is 1.41 bits per heavy atom. The van der Waals surface area contributed by atoms with E-state index in [2.05, 4.69) is 27.7 Å². The zero-order valence-corrected chi connectivity index (χ0v) is 12.7. The average molecular weight is 382 g/mol.